The minimum atomic E-state index is -0.187. The standard InChI is InChI=1S/C11H17NO2S/c1-8-5-6-15-10(8)7-9(12)3-4-11(13)14-2/h5-6,9H,3-4,7,12H2,1-2H3. The second-order valence-corrected chi connectivity index (χ2v) is 4.61. The number of esters is 1. The SMILES string of the molecule is COC(=O)CCC(N)Cc1sccc1C. The summed E-state index contributed by atoms with van der Waals surface area (Å²) < 4.78 is 4.57. The van der Waals surface area contributed by atoms with Crippen molar-refractivity contribution in [1.29, 1.82) is 0 Å². The van der Waals surface area contributed by atoms with E-state index in [1.54, 1.807) is 11.3 Å². The Bertz CT molecular complexity index is 322. The molecule has 0 saturated heterocycles. The van der Waals surface area contributed by atoms with Gasteiger partial charge in [0.2, 0.25) is 0 Å². The first kappa shape index (κ1) is 12.2. The Balaban J connectivity index is 2.33. The summed E-state index contributed by atoms with van der Waals surface area (Å²) in [5.41, 5.74) is 7.22. The second kappa shape index (κ2) is 5.88. The molecule has 1 unspecified atom stereocenters. The molecule has 0 aliphatic rings. The van der Waals surface area contributed by atoms with Gasteiger partial charge in [-0.1, -0.05) is 0 Å². The van der Waals surface area contributed by atoms with Gasteiger partial charge < -0.3 is 10.5 Å². The molecular formula is C11H17NO2S. The van der Waals surface area contributed by atoms with E-state index < -0.39 is 0 Å². The van der Waals surface area contributed by atoms with E-state index in [0.29, 0.717) is 12.8 Å². The molecular weight excluding hydrogens is 210 g/mol. The number of carbonyl (C=O) groups excluding carboxylic acids is 1. The molecule has 1 rings (SSSR count). The van der Waals surface area contributed by atoms with Crippen LogP contribution < -0.4 is 5.73 Å². The van der Waals surface area contributed by atoms with Crippen LogP contribution in [0.4, 0.5) is 0 Å². The summed E-state index contributed by atoms with van der Waals surface area (Å²) in [7, 11) is 1.40. The molecule has 0 saturated carbocycles. The summed E-state index contributed by atoms with van der Waals surface area (Å²) in [6.45, 7) is 2.08. The highest BCUT2D eigenvalue weighted by atomic mass is 32.1. The van der Waals surface area contributed by atoms with Crippen molar-refractivity contribution < 1.29 is 9.53 Å². The number of nitrogens with two attached hydrogens (primary N) is 1. The van der Waals surface area contributed by atoms with E-state index in [4.69, 9.17) is 5.73 Å². The van der Waals surface area contributed by atoms with Gasteiger partial charge in [0.15, 0.2) is 0 Å². The Hall–Kier alpha value is -0.870. The summed E-state index contributed by atoms with van der Waals surface area (Å²) in [6, 6.07) is 2.13. The van der Waals surface area contributed by atoms with Crippen LogP contribution in [0, 0.1) is 6.92 Å². The summed E-state index contributed by atoms with van der Waals surface area (Å²) in [4.78, 5) is 12.2. The molecule has 84 valence electrons. The lowest BCUT2D eigenvalue weighted by Gasteiger charge is -2.09. The zero-order chi connectivity index (χ0) is 11.3. The van der Waals surface area contributed by atoms with Gasteiger partial charge in [0.1, 0.15) is 0 Å². The average molecular weight is 227 g/mol. The van der Waals surface area contributed by atoms with Crippen molar-refractivity contribution in [2.45, 2.75) is 32.2 Å². The predicted molar refractivity (Wildman–Crippen MR) is 62.0 cm³/mol. The van der Waals surface area contributed by atoms with Crippen molar-refractivity contribution in [1.82, 2.24) is 0 Å². The number of methoxy groups -OCH3 is 1. The molecule has 0 bridgehead atoms. The topological polar surface area (TPSA) is 52.3 Å². The van der Waals surface area contributed by atoms with Crippen molar-refractivity contribution >= 4 is 17.3 Å². The van der Waals surface area contributed by atoms with E-state index in [1.807, 2.05) is 0 Å². The van der Waals surface area contributed by atoms with Crippen molar-refractivity contribution in [2.75, 3.05) is 7.11 Å². The Morgan fingerprint density at radius 3 is 2.93 bits per heavy atom. The predicted octanol–water partition coefficient (Wildman–Crippen LogP) is 1.88. The minimum Gasteiger partial charge on any atom is -0.469 e. The van der Waals surface area contributed by atoms with Gasteiger partial charge in [0.05, 0.1) is 7.11 Å². The van der Waals surface area contributed by atoms with E-state index in [0.717, 1.165) is 6.42 Å². The van der Waals surface area contributed by atoms with Crippen LogP contribution in [0.2, 0.25) is 0 Å². The Kier molecular flexibility index (Phi) is 4.78. The largest absolute Gasteiger partial charge is 0.469 e. The van der Waals surface area contributed by atoms with Gasteiger partial charge >= 0.3 is 5.97 Å². The van der Waals surface area contributed by atoms with Crippen LogP contribution in [-0.2, 0) is 16.0 Å². The summed E-state index contributed by atoms with van der Waals surface area (Å²) in [5, 5.41) is 2.07. The highest BCUT2D eigenvalue weighted by Gasteiger charge is 2.09. The van der Waals surface area contributed by atoms with Crippen LogP contribution in [0.25, 0.3) is 0 Å². The first-order chi connectivity index (χ1) is 7.13. The molecule has 0 aromatic carbocycles. The van der Waals surface area contributed by atoms with Gasteiger partial charge in [-0.05, 0) is 36.8 Å². The molecule has 1 atom stereocenters. The average Bonchev–Trinajstić information content (AvgIpc) is 2.61. The highest BCUT2D eigenvalue weighted by molar-refractivity contribution is 7.10. The van der Waals surface area contributed by atoms with Crippen LogP contribution in [0.3, 0.4) is 0 Å². The molecule has 0 aliphatic heterocycles. The highest BCUT2D eigenvalue weighted by Crippen LogP contribution is 2.18. The van der Waals surface area contributed by atoms with Crippen LogP contribution in [0.5, 0.6) is 0 Å². The summed E-state index contributed by atoms with van der Waals surface area (Å²) in [5.74, 6) is -0.187. The Morgan fingerprint density at radius 1 is 1.67 bits per heavy atom. The molecule has 1 aromatic rings. The number of rotatable bonds is 5. The maximum Gasteiger partial charge on any atom is 0.305 e. The van der Waals surface area contributed by atoms with Crippen molar-refractivity contribution in [2.24, 2.45) is 5.73 Å². The molecule has 1 aromatic heterocycles. The molecule has 15 heavy (non-hydrogen) atoms. The van der Waals surface area contributed by atoms with E-state index >= 15 is 0 Å². The molecule has 3 nitrogen and oxygen atoms in total. The van der Waals surface area contributed by atoms with E-state index in [1.165, 1.54) is 17.6 Å². The zero-order valence-corrected chi connectivity index (χ0v) is 9.97. The quantitative estimate of drug-likeness (QED) is 0.781. The van der Waals surface area contributed by atoms with Crippen molar-refractivity contribution in [3.63, 3.8) is 0 Å². The zero-order valence-electron chi connectivity index (χ0n) is 9.16. The smallest absolute Gasteiger partial charge is 0.305 e. The minimum absolute atomic E-state index is 0.0430. The molecule has 0 spiro atoms. The van der Waals surface area contributed by atoms with Crippen LogP contribution in [0.1, 0.15) is 23.3 Å². The van der Waals surface area contributed by atoms with Crippen LogP contribution in [-0.4, -0.2) is 19.1 Å². The molecule has 0 radical (unpaired) electrons. The van der Waals surface area contributed by atoms with Gasteiger partial charge in [-0.25, -0.2) is 0 Å². The lowest BCUT2D eigenvalue weighted by Crippen LogP contribution is -2.23. The number of hydrogen-bond acceptors (Lipinski definition) is 4. The van der Waals surface area contributed by atoms with E-state index in [9.17, 15) is 4.79 Å². The Morgan fingerprint density at radius 2 is 2.40 bits per heavy atom. The third-order valence-corrected chi connectivity index (χ3v) is 3.41. The van der Waals surface area contributed by atoms with Crippen molar-refractivity contribution in [3.8, 4) is 0 Å². The number of ether oxygens (including phenoxy) is 1. The van der Waals surface area contributed by atoms with Gasteiger partial charge in [-0.3, -0.25) is 4.79 Å². The molecule has 4 heteroatoms. The third-order valence-electron chi connectivity index (χ3n) is 2.36. The maximum atomic E-state index is 10.9. The van der Waals surface area contributed by atoms with Gasteiger partial charge in [0.25, 0.3) is 0 Å². The Labute approximate surface area is 94.2 Å². The monoisotopic (exact) mass is 227 g/mol. The van der Waals surface area contributed by atoms with Gasteiger partial charge in [0, 0.05) is 17.3 Å². The number of aryl methyl sites for hydroxylation is 1. The maximum absolute atomic E-state index is 10.9. The first-order valence-corrected chi connectivity index (χ1v) is 5.86. The fraction of sp³-hybridized carbons (Fsp3) is 0.545. The normalized spacial score (nSPS) is 12.5. The number of carbonyl (C=O) groups is 1. The fourth-order valence-corrected chi connectivity index (χ4v) is 2.36. The fourth-order valence-electron chi connectivity index (χ4n) is 1.36. The second-order valence-electron chi connectivity index (χ2n) is 3.61. The molecule has 2 N–H and O–H groups in total. The first-order valence-electron chi connectivity index (χ1n) is 4.99. The van der Waals surface area contributed by atoms with Gasteiger partial charge in [-0.15, -0.1) is 11.3 Å². The molecule has 0 aliphatic carbocycles. The van der Waals surface area contributed by atoms with Crippen LogP contribution >= 0.6 is 11.3 Å². The number of thiophene rings is 1. The third kappa shape index (κ3) is 4.01. The van der Waals surface area contributed by atoms with E-state index in [-0.39, 0.29) is 12.0 Å². The summed E-state index contributed by atoms with van der Waals surface area (Å²) in [6.07, 6.45) is 1.94. The molecule has 0 fully saturated rings. The molecule has 1 heterocycles. The van der Waals surface area contributed by atoms with Gasteiger partial charge in [-0.2, -0.15) is 0 Å². The molecule has 0 amide bonds. The van der Waals surface area contributed by atoms with Crippen LogP contribution in [0.15, 0.2) is 11.4 Å². The van der Waals surface area contributed by atoms with Crippen molar-refractivity contribution in [3.05, 3.63) is 21.9 Å². The lowest BCUT2D eigenvalue weighted by molar-refractivity contribution is -0.140. The number of hydrogen-bond donors (Lipinski definition) is 1. The van der Waals surface area contributed by atoms with E-state index in [2.05, 4.69) is 23.1 Å². The lowest BCUT2D eigenvalue weighted by atomic mass is 10.1. The summed E-state index contributed by atoms with van der Waals surface area (Å²) >= 11 is 1.72.